The maximum Gasteiger partial charge on any atom is 0.500 e. The summed E-state index contributed by atoms with van der Waals surface area (Å²) in [7, 11) is 3.79. The number of allylic oxidation sites excluding steroid dienone is 1. The van der Waals surface area contributed by atoms with Crippen LogP contribution in [0.2, 0.25) is 18.6 Å². The van der Waals surface area contributed by atoms with Gasteiger partial charge in [-0.05, 0) is 44.9 Å². The number of aliphatic hydroxyl groups is 1. The Kier molecular flexibility index (Phi) is 19.2. The smallest absolute Gasteiger partial charge is 0.398 e. The quantitative estimate of drug-likeness (QED) is 0.197. The summed E-state index contributed by atoms with van der Waals surface area (Å²) < 4.78 is 31.7. The summed E-state index contributed by atoms with van der Waals surface area (Å²) in [6.07, 6.45) is 2.84. The Morgan fingerprint density at radius 2 is 1.47 bits per heavy atom. The molecule has 0 bridgehead atoms. The van der Waals surface area contributed by atoms with E-state index in [1.54, 1.807) is 49.4 Å². The minimum Gasteiger partial charge on any atom is -0.398 e. The minimum atomic E-state index is -2.44. The van der Waals surface area contributed by atoms with Gasteiger partial charge in [0, 0.05) is 54.6 Å². The van der Waals surface area contributed by atoms with Crippen LogP contribution in [-0.4, -0.2) is 83.1 Å². The summed E-state index contributed by atoms with van der Waals surface area (Å²) >= 11 is 0. The highest BCUT2D eigenvalue weighted by molar-refractivity contribution is 6.65. The first-order valence-electron chi connectivity index (χ1n) is 10.3. The summed E-state index contributed by atoms with van der Waals surface area (Å²) in [6.45, 7) is 10.1. The van der Waals surface area contributed by atoms with E-state index in [1.165, 1.54) is 0 Å². The highest BCUT2D eigenvalue weighted by Gasteiger charge is 2.36. The van der Waals surface area contributed by atoms with Gasteiger partial charge in [-0.1, -0.05) is 13.0 Å². The number of hydrogen-bond acceptors (Lipinski definition) is 8. The number of carbonyl (C=O) groups is 1. The molecule has 30 heavy (non-hydrogen) atoms. The molecule has 1 unspecified atom stereocenters. The molecule has 0 fully saturated rings. The summed E-state index contributed by atoms with van der Waals surface area (Å²) in [4.78, 5) is 11.3. The zero-order valence-corrected chi connectivity index (χ0v) is 22.2. The molecular weight excluding hydrogens is 424 g/mol. The van der Waals surface area contributed by atoms with Crippen LogP contribution in [0, 0.1) is 0 Å². The second kappa shape index (κ2) is 18.2. The predicted octanol–water partition coefficient (Wildman–Crippen LogP) is 3.32. The number of hydrogen-bond donors (Lipinski definition) is 1. The van der Waals surface area contributed by atoms with Crippen LogP contribution in [0.1, 0.15) is 39.5 Å². The van der Waals surface area contributed by atoms with Crippen LogP contribution in [0.3, 0.4) is 0 Å². The lowest BCUT2D eigenvalue weighted by Gasteiger charge is -2.24. The van der Waals surface area contributed by atoms with E-state index in [2.05, 4.69) is 6.58 Å². The Bertz CT molecular complexity index is 444. The molecule has 0 heterocycles. The van der Waals surface area contributed by atoms with Crippen LogP contribution in [0.25, 0.3) is 0 Å². The molecule has 10 heteroatoms. The molecule has 0 aromatic rings. The monoisotopic (exact) mass is 468 g/mol. The van der Waals surface area contributed by atoms with Crippen molar-refractivity contribution in [1.82, 2.24) is 0 Å². The molecule has 0 radical (unpaired) electrons. The molecular formula is C20H44O8Si2. The first kappa shape index (κ1) is 31.7. The summed E-state index contributed by atoms with van der Waals surface area (Å²) in [5.74, 6) is 0.160. The van der Waals surface area contributed by atoms with E-state index in [0.29, 0.717) is 25.2 Å². The Morgan fingerprint density at radius 3 is 1.87 bits per heavy atom. The minimum absolute atomic E-state index is 0.160. The Balaban J connectivity index is 0. The van der Waals surface area contributed by atoms with Crippen molar-refractivity contribution in [2.24, 2.45) is 0 Å². The van der Waals surface area contributed by atoms with Gasteiger partial charge in [-0.15, -0.1) is 0 Å². The molecule has 1 atom stereocenters. The van der Waals surface area contributed by atoms with Crippen molar-refractivity contribution in [2.75, 3.05) is 48.8 Å². The van der Waals surface area contributed by atoms with Crippen molar-refractivity contribution in [1.29, 1.82) is 0 Å². The van der Waals surface area contributed by atoms with Crippen molar-refractivity contribution in [3.05, 3.63) is 12.2 Å². The molecule has 0 aromatic heterocycles. The van der Waals surface area contributed by atoms with Gasteiger partial charge in [0.2, 0.25) is 0 Å². The second-order valence-electron chi connectivity index (χ2n) is 7.28. The third-order valence-electron chi connectivity index (χ3n) is 4.69. The normalized spacial score (nSPS) is 12.8. The predicted molar refractivity (Wildman–Crippen MR) is 123 cm³/mol. The molecule has 0 aliphatic heterocycles. The number of Topliss-reactive ketones (excluding diaryl/α,β-unsaturated/α-hetero) is 1. The molecule has 1 N–H and O–H groups in total. The number of aliphatic hydroxyl groups excluding tert-OH is 1. The second-order valence-corrected chi connectivity index (χ2v) is 14.0. The van der Waals surface area contributed by atoms with Crippen molar-refractivity contribution in [3.63, 3.8) is 0 Å². The van der Waals surface area contributed by atoms with Gasteiger partial charge in [0.15, 0.2) is 5.78 Å². The van der Waals surface area contributed by atoms with Gasteiger partial charge in [0.25, 0.3) is 0 Å². The molecule has 0 amide bonds. The topological polar surface area (TPSA) is 92.7 Å². The maximum atomic E-state index is 11.3. The van der Waals surface area contributed by atoms with E-state index in [9.17, 15) is 4.79 Å². The fourth-order valence-corrected chi connectivity index (χ4v) is 5.59. The van der Waals surface area contributed by atoms with Crippen molar-refractivity contribution in [3.8, 4) is 0 Å². The van der Waals surface area contributed by atoms with Gasteiger partial charge in [0.1, 0.15) is 0 Å². The SMILES string of the molecule is C=C(C)C(=O)CCCC[Si](C)(OC)OC.CO[Si](CCCOCC(C)O)(OC)OC. The molecule has 0 spiro atoms. The molecule has 0 saturated heterocycles. The van der Waals surface area contributed by atoms with Crippen LogP contribution >= 0.6 is 0 Å². The molecule has 180 valence electrons. The largest absolute Gasteiger partial charge is 0.500 e. The standard InChI is InChI=1S/C11H22O3Si.C9H22O5Si/c1-10(2)11(12)8-6-7-9-15(5,13-3)14-4;1-9(10)8-14-6-5-7-15(11-2,12-3)13-4/h1,6-9H2,2-5H3;9-10H,5-8H2,1-4H3. The number of ketones is 1. The highest BCUT2D eigenvalue weighted by atomic mass is 28.4. The van der Waals surface area contributed by atoms with Gasteiger partial charge in [-0.2, -0.15) is 0 Å². The van der Waals surface area contributed by atoms with E-state index < -0.39 is 23.5 Å². The molecule has 0 rings (SSSR count). The zero-order valence-electron chi connectivity index (χ0n) is 20.2. The average Bonchev–Trinajstić information content (AvgIpc) is 2.74. The zero-order chi connectivity index (χ0) is 23.6. The van der Waals surface area contributed by atoms with E-state index >= 15 is 0 Å². The molecule has 8 nitrogen and oxygen atoms in total. The maximum absolute atomic E-state index is 11.3. The van der Waals surface area contributed by atoms with E-state index in [1.807, 2.05) is 6.55 Å². The molecule has 0 aliphatic carbocycles. The first-order chi connectivity index (χ1) is 14.0. The molecule has 0 saturated carbocycles. The fourth-order valence-electron chi connectivity index (χ4n) is 2.43. The Morgan fingerprint density at radius 1 is 0.933 bits per heavy atom. The Hall–Kier alpha value is -0.436. The van der Waals surface area contributed by atoms with Crippen LogP contribution in [0.4, 0.5) is 0 Å². The van der Waals surface area contributed by atoms with Gasteiger partial charge in [-0.25, -0.2) is 0 Å². The van der Waals surface area contributed by atoms with Crippen molar-refractivity contribution in [2.45, 2.75) is 64.3 Å². The van der Waals surface area contributed by atoms with E-state index in [-0.39, 0.29) is 5.78 Å². The van der Waals surface area contributed by atoms with Crippen LogP contribution in [0.5, 0.6) is 0 Å². The van der Waals surface area contributed by atoms with E-state index in [4.69, 9.17) is 32.0 Å². The van der Waals surface area contributed by atoms with Crippen LogP contribution in [0.15, 0.2) is 12.2 Å². The van der Waals surface area contributed by atoms with Crippen LogP contribution < -0.4 is 0 Å². The lowest BCUT2D eigenvalue weighted by Crippen LogP contribution is -2.42. The van der Waals surface area contributed by atoms with E-state index in [0.717, 1.165) is 31.4 Å². The third kappa shape index (κ3) is 15.4. The summed E-state index contributed by atoms with van der Waals surface area (Å²) in [6, 6.07) is 1.65. The number of carbonyl (C=O) groups excluding carboxylic acids is 1. The lowest BCUT2D eigenvalue weighted by molar-refractivity contribution is -0.115. The average molecular weight is 469 g/mol. The highest BCUT2D eigenvalue weighted by Crippen LogP contribution is 2.17. The Labute approximate surface area is 185 Å². The lowest BCUT2D eigenvalue weighted by atomic mass is 10.1. The third-order valence-corrected chi connectivity index (χ3v) is 10.5. The first-order valence-corrected chi connectivity index (χ1v) is 14.7. The summed E-state index contributed by atoms with van der Waals surface area (Å²) in [5.41, 5.74) is 0.647. The molecule has 0 aromatic carbocycles. The van der Waals surface area contributed by atoms with Crippen molar-refractivity contribution >= 4 is 23.1 Å². The van der Waals surface area contributed by atoms with Gasteiger partial charge in [0.05, 0.1) is 12.7 Å². The van der Waals surface area contributed by atoms with Gasteiger partial charge >= 0.3 is 17.4 Å². The van der Waals surface area contributed by atoms with Crippen LogP contribution in [-0.2, 0) is 31.7 Å². The number of rotatable bonds is 17. The summed E-state index contributed by atoms with van der Waals surface area (Å²) in [5, 5.41) is 8.96. The molecule has 0 aliphatic rings. The van der Waals surface area contributed by atoms with Gasteiger partial charge in [-0.3, -0.25) is 4.79 Å². The fraction of sp³-hybridized carbons (Fsp3) is 0.850. The number of ether oxygens (including phenoxy) is 1. The van der Waals surface area contributed by atoms with Crippen molar-refractivity contribution < 1.29 is 36.8 Å². The number of unbranched alkanes of at least 4 members (excludes halogenated alkanes) is 1. The van der Waals surface area contributed by atoms with Gasteiger partial charge < -0.3 is 32.0 Å².